The van der Waals surface area contributed by atoms with Crippen LogP contribution in [0.4, 0.5) is 13.2 Å². The third kappa shape index (κ3) is 5.26. The van der Waals surface area contributed by atoms with E-state index >= 15 is 0 Å². The third-order valence-corrected chi connectivity index (χ3v) is 3.58. The first kappa shape index (κ1) is 20.4. The van der Waals surface area contributed by atoms with Crippen molar-refractivity contribution in [3.05, 3.63) is 41.7 Å². The summed E-state index contributed by atoms with van der Waals surface area (Å²) in [5.41, 5.74) is -2.17. The van der Waals surface area contributed by atoms with E-state index in [9.17, 15) is 22.8 Å². The molecule has 0 saturated heterocycles. The van der Waals surface area contributed by atoms with Gasteiger partial charge in [-0.05, 0) is 25.1 Å². The van der Waals surface area contributed by atoms with Gasteiger partial charge in [-0.2, -0.15) is 13.2 Å². The van der Waals surface area contributed by atoms with Crippen molar-refractivity contribution in [1.82, 2.24) is 20.3 Å². The number of aromatic nitrogens is 3. The Morgan fingerprint density at radius 3 is 2.63 bits per heavy atom. The van der Waals surface area contributed by atoms with E-state index in [4.69, 9.17) is 9.84 Å². The predicted molar refractivity (Wildman–Crippen MR) is 86.4 cm³/mol. The first-order valence-corrected chi connectivity index (χ1v) is 7.67. The number of methoxy groups -OCH3 is 1. The molecule has 2 N–H and O–H groups in total. The number of amides is 1. The highest BCUT2D eigenvalue weighted by Gasteiger charge is 2.32. The number of carboxylic acids is 1. The number of carbonyl (C=O) groups is 2. The molecule has 0 aliphatic rings. The van der Waals surface area contributed by atoms with Crippen molar-refractivity contribution in [1.29, 1.82) is 0 Å². The number of alkyl halides is 3. The highest BCUT2D eigenvalue weighted by molar-refractivity contribution is 5.92. The van der Waals surface area contributed by atoms with Crippen molar-refractivity contribution in [2.75, 3.05) is 13.7 Å². The van der Waals surface area contributed by atoms with Crippen LogP contribution in [-0.4, -0.2) is 51.2 Å². The summed E-state index contributed by atoms with van der Waals surface area (Å²) < 4.78 is 44.4. The highest BCUT2D eigenvalue weighted by atomic mass is 19.4. The molecule has 146 valence electrons. The van der Waals surface area contributed by atoms with Crippen LogP contribution in [0.2, 0.25) is 0 Å². The monoisotopic (exact) mass is 386 g/mol. The molecule has 1 aromatic carbocycles. The number of hydrogen-bond donors (Lipinski definition) is 2. The molecule has 0 fully saturated rings. The number of carbonyl (C=O) groups excluding carboxylic acids is 1. The number of carboxylic acid groups (broad SMARTS) is 1. The second-order valence-electron chi connectivity index (χ2n) is 6.11. The second-order valence-corrected chi connectivity index (χ2v) is 6.11. The molecule has 0 bridgehead atoms. The zero-order valence-corrected chi connectivity index (χ0v) is 14.4. The second kappa shape index (κ2) is 7.74. The largest absolute Gasteiger partial charge is 0.481 e. The van der Waals surface area contributed by atoms with E-state index in [0.29, 0.717) is 0 Å². The van der Waals surface area contributed by atoms with E-state index in [-0.39, 0.29) is 18.0 Å². The SMILES string of the molecule is COCC(C)(CC(=O)O)NC(=O)c1cn(-c2cccc(C(F)(F)F)c2)nn1. The van der Waals surface area contributed by atoms with Gasteiger partial charge in [-0.15, -0.1) is 5.10 Å². The maximum absolute atomic E-state index is 12.8. The number of nitrogens with one attached hydrogen (secondary N) is 1. The fourth-order valence-electron chi connectivity index (χ4n) is 2.44. The van der Waals surface area contributed by atoms with E-state index in [1.54, 1.807) is 0 Å². The first-order chi connectivity index (χ1) is 12.5. The van der Waals surface area contributed by atoms with Crippen LogP contribution in [0, 0.1) is 0 Å². The predicted octanol–water partition coefficient (Wildman–Crippen LogP) is 1.90. The average molecular weight is 386 g/mol. The number of halogens is 3. The van der Waals surface area contributed by atoms with E-state index in [1.165, 1.54) is 26.2 Å². The minimum absolute atomic E-state index is 0.0627. The van der Waals surface area contributed by atoms with Crippen molar-refractivity contribution in [2.24, 2.45) is 0 Å². The Balaban J connectivity index is 2.22. The van der Waals surface area contributed by atoms with Crippen LogP contribution >= 0.6 is 0 Å². The molecule has 1 unspecified atom stereocenters. The van der Waals surface area contributed by atoms with Gasteiger partial charge < -0.3 is 15.2 Å². The summed E-state index contributed by atoms with van der Waals surface area (Å²) in [6.45, 7) is 1.42. The molecule has 2 rings (SSSR count). The molecule has 8 nitrogen and oxygen atoms in total. The zero-order chi connectivity index (χ0) is 20.2. The van der Waals surface area contributed by atoms with Gasteiger partial charge in [-0.3, -0.25) is 9.59 Å². The Bertz CT molecular complexity index is 837. The summed E-state index contributed by atoms with van der Waals surface area (Å²) >= 11 is 0. The lowest BCUT2D eigenvalue weighted by atomic mass is 9.99. The highest BCUT2D eigenvalue weighted by Crippen LogP contribution is 2.30. The molecule has 0 saturated carbocycles. The average Bonchev–Trinajstić information content (AvgIpc) is 3.03. The van der Waals surface area contributed by atoms with Crippen LogP contribution < -0.4 is 5.32 Å². The quantitative estimate of drug-likeness (QED) is 0.753. The van der Waals surface area contributed by atoms with E-state index in [1.807, 2.05) is 0 Å². The van der Waals surface area contributed by atoms with Crippen LogP contribution in [-0.2, 0) is 15.7 Å². The molecule has 1 aromatic heterocycles. The standard InChI is InChI=1S/C16H17F3N4O4/c1-15(9-27-2,7-13(24)25)20-14(26)12-8-23(22-21-12)11-5-3-4-10(6-11)16(17,18)19/h3-6,8H,7,9H2,1-2H3,(H,20,26)(H,24,25). The van der Waals surface area contributed by atoms with Gasteiger partial charge in [0.25, 0.3) is 5.91 Å². The number of benzene rings is 1. The summed E-state index contributed by atoms with van der Waals surface area (Å²) in [5, 5.41) is 18.8. The Kier molecular flexibility index (Phi) is 5.84. The van der Waals surface area contributed by atoms with Crippen molar-refractivity contribution < 1.29 is 32.6 Å². The maximum Gasteiger partial charge on any atom is 0.416 e. The molecule has 0 radical (unpaired) electrons. The number of hydrogen-bond acceptors (Lipinski definition) is 5. The van der Waals surface area contributed by atoms with E-state index in [0.717, 1.165) is 23.0 Å². The molecule has 1 heterocycles. The molecule has 27 heavy (non-hydrogen) atoms. The van der Waals surface area contributed by atoms with Gasteiger partial charge in [0.05, 0.1) is 36.0 Å². The molecule has 0 aliphatic carbocycles. The van der Waals surface area contributed by atoms with Crippen molar-refractivity contribution in [2.45, 2.75) is 25.1 Å². The molecule has 0 spiro atoms. The van der Waals surface area contributed by atoms with Gasteiger partial charge in [-0.25, -0.2) is 4.68 Å². The maximum atomic E-state index is 12.8. The minimum Gasteiger partial charge on any atom is -0.481 e. The number of rotatable bonds is 7. The van der Waals surface area contributed by atoms with Crippen LogP contribution in [0.25, 0.3) is 5.69 Å². The van der Waals surface area contributed by atoms with E-state index < -0.39 is 35.6 Å². The molecular weight excluding hydrogens is 369 g/mol. The summed E-state index contributed by atoms with van der Waals surface area (Å²) in [7, 11) is 1.36. The molecular formula is C16H17F3N4O4. The summed E-state index contributed by atoms with van der Waals surface area (Å²) in [6, 6.07) is 4.37. The van der Waals surface area contributed by atoms with Gasteiger partial charge in [0.1, 0.15) is 0 Å². The molecule has 1 atom stereocenters. The number of aliphatic carboxylic acids is 1. The molecule has 11 heteroatoms. The van der Waals surface area contributed by atoms with Gasteiger partial charge in [-0.1, -0.05) is 11.3 Å². The first-order valence-electron chi connectivity index (χ1n) is 7.67. The lowest BCUT2D eigenvalue weighted by Crippen LogP contribution is -2.50. The Morgan fingerprint density at radius 1 is 1.33 bits per heavy atom. The van der Waals surface area contributed by atoms with Gasteiger partial charge in [0.2, 0.25) is 0 Å². The lowest BCUT2D eigenvalue weighted by molar-refractivity contribution is -0.139. The van der Waals surface area contributed by atoms with Crippen molar-refractivity contribution in [3.63, 3.8) is 0 Å². The lowest BCUT2D eigenvalue weighted by Gasteiger charge is -2.27. The minimum atomic E-state index is -4.52. The van der Waals surface area contributed by atoms with Gasteiger partial charge in [0, 0.05) is 7.11 Å². The Hall–Kier alpha value is -2.95. The Morgan fingerprint density at radius 2 is 2.04 bits per heavy atom. The molecule has 1 amide bonds. The van der Waals surface area contributed by atoms with E-state index in [2.05, 4.69) is 15.6 Å². The van der Waals surface area contributed by atoms with Crippen LogP contribution in [0.5, 0.6) is 0 Å². The molecule has 0 aliphatic heterocycles. The summed E-state index contributed by atoms with van der Waals surface area (Å²) in [6.07, 6.45) is -3.76. The fourth-order valence-corrected chi connectivity index (χ4v) is 2.44. The number of ether oxygens (including phenoxy) is 1. The van der Waals surface area contributed by atoms with Gasteiger partial charge in [0.15, 0.2) is 5.69 Å². The van der Waals surface area contributed by atoms with Crippen molar-refractivity contribution in [3.8, 4) is 5.69 Å². The normalized spacial score (nSPS) is 13.8. The molecule has 2 aromatic rings. The van der Waals surface area contributed by atoms with Crippen LogP contribution in [0.3, 0.4) is 0 Å². The zero-order valence-electron chi connectivity index (χ0n) is 14.4. The summed E-state index contributed by atoms with van der Waals surface area (Å²) in [4.78, 5) is 23.3. The topological polar surface area (TPSA) is 106 Å². The van der Waals surface area contributed by atoms with Crippen LogP contribution in [0.1, 0.15) is 29.4 Å². The smallest absolute Gasteiger partial charge is 0.416 e. The van der Waals surface area contributed by atoms with Gasteiger partial charge >= 0.3 is 12.1 Å². The van der Waals surface area contributed by atoms with Crippen LogP contribution in [0.15, 0.2) is 30.5 Å². The third-order valence-electron chi connectivity index (χ3n) is 3.58. The van der Waals surface area contributed by atoms with Crippen molar-refractivity contribution >= 4 is 11.9 Å². The fraction of sp³-hybridized carbons (Fsp3) is 0.375. The summed E-state index contributed by atoms with van der Waals surface area (Å²) in [5.74, 6) is -1.86. The Labute approximate surface area is 151 Å². The number of nitrogens with zero attached hydrogens (tertiary/aromatic N) is 3.